The van der Waals surface area contributed by atoms with E-state index in [1.165, 1.54) is 13.2 Å². The summed E-state index contributed by atoms with van der Waals surface area (Å²) in [6.45, 7) is 4.05. The number of anilines is 1. The Hall–Kier alpha value is -3.72. The number of carbonyl (C=O) groups is 1. The maximum atomic E-state index is 14.5. The van der Waals surface area contributed by atoms with Gasteiger partial charge < -0.3 is 25.6 Å². The molecule has 0 aliphatic heterocycles. The molecule has 1 unspecified atom stereocenters. The second kappa shape index (κ2) is 10.9. The lowest BCUT2D eigenvalue weighted by Gasteiger charge is -2.18. The molecule has 0 fully saturated rings. The largest absolute Gasteiger partial charge is 0.497 e. The van der Waals surface area contributed by atoms with Crippen molar-refractivity contribution >= 4 is 11.8 Å². The Morgan fingerprint density at radius 2 is 1.82 bits per heavy atom. The minimum atomic E-state index is -1.17. The van der Waals surface area contributed by atoms with Gasteiger partial charge in [0.2, 0.25) is 0 Å². The highest BCUT2D eigenvalue weighted by atomic mass is 19.1. The van der Waals surface area contributed by atoms with Crippen LogP contribution in [0.3, 0.4) is 0 Å². The van der Waals surface area contributed by atoms with Crippen LogP contribution in [0.5, 0.6) is 17.4 Å². The molecule has 3 rings (SSSR count). The molecule has 0 saturated carbocycles. The smallest absolute Gasteiger partial charge is 0.326 e. The van der Waals surface area contributed by atoms with Crippen molar-refractivity contribution in [3.8, 4) is 28.5 Å². The van der Waals surface area contributed by atoms with Crippen LogP contribution in [-0.4, -0.2) is 29.2 Å². The number of carboxylic acids is 1. The predicted octanol–water partition coefficient (Wildman–Crippen LogP) is 5.20. The number of hydrogen-bond acceptors (Lipinski definition) is 6. The van der Waals surface area contributed by atoms with Gasteiger partial charge in [-0.25, -0.2) is 13.6 Å². The van der Waals surface area contributed by atoms with Crippen molar-refractivity contribution in [2.45, 2.75) is 32.9 Å². The molecule has 0 aliphatic rings. The number of pyridine rings is 1. The van der Waals surface area contributed by atoms with Crippen molar-refractivity contribution in [1.82, 2.24) is 4.98 Å². The highest BCUT2D eigenvalue weighted by Gasteiger charge is 2.23. The first-order chi connectivity index (χ1) is 16.2. The van der Waals surface area contributed by atoms with Crippen molar-refractivity contribution < 1.29 is 28.2 Å². The number of aromatic nitrogens is 1. The lowest BCUT2D eigenvalue weighted by molar-refractivity contribution is -0.138. The quantitative estimate of drug-likeness (QED) is 0.373. The summed E-state index contributed by atoms with van der Waals surface area (Å²) in [5, 5.41) is 12.0. The van der Waals surface area contributed by atoms with Crippen LogP contribution < -0.4 is 20.5 Å². The third-order valence-corrected chi connectivity index (χ3v) is 5.04. The third kappa shape index (κ3) is 6.20. The van der Waals surface area contributed by atoms with Gasteiger partial charge >= 0.3 is 5.97 Å². The van der Waals surface area contributed by atoms with Gasteiger partial charge in [-0.2, -0.15) is 4.98 Å². The van der Waals surface area contributed by atoms with E-state index in [4.69, 9.17) is 15.2 Å². The summed E-state index contributed by atoms with van der Waals surface area (Å²) < 4.78 is 39.9. The SMILES string of the molecule is COc1cc(Oc2nc(NC(CC(C)C)C(=O)O)c(F)cc2F)cc(-c2cccc(CN)c2)c1. The first kappa shape index (κ1) is 24.9. The second-order valence-corrected chi connectivity index (χ2v) is 8.17. The topological polar surface area (TPSA) is 107 Å². The summed E-state index contributed by atoms with van der Waals surface area (Å²) >= 11 is 0. The molecule has 0 spiro atoms. The molecule has 2 aromatic carbocycles. The fraction of sp³-hybridized carbons (Fsp3) is 0.280. The minimum Gasteiger partial charge on any atom is -0.497 e. The average molecular weight is 472 g/mol. The van der Waals surface area contributed by atoms with Gasteiger partial charge in [0.05, 0.1) is 7.11 Å². The Labute approximate surface area is 196 Å². The Balaban J connectivity index is 1.95. The number of nitrogens with zero attached hydrogens (tertiary/aromatic N) is 1. The zero-order chi connectivity index (χ0) is 24.8. The number of aliphatic carboxylic acids is 1. The molecular weight excluding hydrogens is 444 g/mol. The Morgan fingerprint density at radius 3 is 2.47 bits per heavy atom. The molecule has 3 aromatic rings. The summed E-state index contributed by atoms with van der Waals surface area (Å²) in [6.07, 6.45) is 0.227. The van der Waals surface area contributed by atoms with E-state index in [9.17, 15) is 18.7 Å². The highest BCUT2D eigenvalue weighted by Crippen LogP contribution is 2.34. The predicted molar refractivity (Wildman–Crippen MR) is 125 cm³/mol. The number of rotatable bonds is 10. The molecule has 4 N–H and O–H groups in total. The maximum Gasteiger partial charge on any atom is 0.326 e. The van der Waals surface area contributed by atoms with Crippen molar-refractivity contribution in [2.24, 2.45) is 11.7 Å². The molecule has 180 valence electrons. The van der Waals surface area contributed by atoms with Crippen molar-refractivity contribution in [1.29, 1.82) is 0 Å². The number of halogens is 2. The van der Waals surface area contributed by atoms with Crippen LogP contribution in [0.1, 0.15) is 25.8 Å². The monoisotopic (exact) mass is 471 g/mol. The average Bonchev–Trinajstić information content (AvgIpc) is 2.81. The van der Waals surface area contributed by atoms with Gasteiger partial charge in [0.15, 0.2) is 17.5 Å². The number of carboxylic acid groups (broad SMARTS) is 1. The van der Waals surface area contributed by atoms with Gasteiger partial charge in [0.1, 0.15) is 17.5 Å². The molecule has 0 bridgehead atoms. The van der Waals surface area contributed by atoms with Crippen LogP contribution in [0, 0.1) is 17.6 Å². The van der Waals surface area contributed by atoms with Crippen LogP contribution in [0.25, 0.3) is 11.1 Å². The normalized spacial score (nSPS) is 11.9. The number of nitrogens with two attached hydrogens (primary N) is 1. The summed E-state index contributed by atoms with van der Waals surface area (Å²) in [5.74, 6) is -3.46. The number of methoxy groups -OCH3 is 1. The minimum absolute atomic E-state index is 0.0285. The van der Waals surface area contributed by atoms with Crippen molar-refractivity contribution in [3.05, 3.63) is 65.7 Å². The Kier molecular flexibility index (Phi) is 8.01. The Morgan fingerprint density at radius 1 is 1.09 bits per heavy atom. The van der Waals surface area contributed by atoms with E-state index in [0.717, 1.165) is 16.7 Å². The van der Waals surface area contributed by atoms with E-state index in [-0.39, 0.29) is 18.1 Å². The second-order valence-electron chi connectivity index (χ2n) is 8.17. The molecule has 0 radical (unpaired) electrons. The van der Waals surface area contributed by atoms with Crippen LogP contribution >= 0.6 is 0 Å². The maximum absolute atomic E-state index is 14.5. The number of ether oxygens (including phenoxy) is 2. The van der Waals surface area contributed by atoms with Gasteiger partial charge in [-0.15, -0.1) is 0 Å². The van der Waals surface area contributed by atoms with Crippen LogP contribution in [-0.2, 0) is 11.3 Å². The molecule has 1 atom stereocenters. The summed E-state index contributed by atoms with van der Waals surface area (Å²) in [5.41, 5.74) is 8.24. The van der Waals surface area contributed by atoms with Crippen molar-refractivity contribution in [2.75, 3.05) is 12.4 Å². The lowest BCUT2D eigenvalue weighted by Crippen LogP contribution is -2.31. The zero-order valence-electron chi connectivity index (χ0n) is 19.1. The van der Waals surface area contributed by atoms with Crippen molar-refractivity contribution in [3.63, 3.8) is 0 Å². The molecule has 9 heteroatoms. The standard InChI is InChI=1S/C25H27F2N3O4/c1-14(2)7-22(25(31)32)29-23-20(26)12-21(27)24(30-23)34-19-10-17(9-18(11-19)33-3)16-6-4-5-15(8-16)13-28/h4-6,8-12,14,22H,7,13,28H2,1-3H3,(H,29,30)(H,31,32). The van der Waals surface area contributed by atoms with Gasteiger partial charge in [-0.3, -0.25) is 0 Å². The van der Waals surface area contributed by atoms with E-state index >= 15 is 0 Å². The van der Waals surface area contributed by atoms with Gasteiger partial charge in [0, 0.05) is 18.7 Å². The number of nitrogens with one attached hydrogen (secondary N) is 1. The molecule has 7 nitrogen and oxygen atoms in total. The van der Waals surface area contributed by atoms with E-state index < -0.39 is 35.3 Å². The molecule has 0 aliphatic carbocycles. The number of benzene rings is 2. The van der Waals surface area contributed by atoms with Gasteiger partial charge in [-0.1, -0.05) is 32.0 Å². The molecule has 0 saturated heterocycles. The first-order valence-corrected chi connectivity index (χ1v) is 10.7. The van der Waals surface area contributed by atoms with Crippen LogP contribution in [0.2, 0.25) is 0 Å². The molecule has 0 amide bonds. The van der Waals surface area contributed by atoms with Crippen LogP contribution in [0.15, 0.2) is 48.5 Å². The van der Waals surface area contributed by atoms with E-state index in [2.05, 4.69) is 10.3 Å². The fourth-order valence-electron chi connectivity index (χ4n) is 3.39. The third-order valence-electron chi connectivity index (χ3n) is 5.04. The van der Waals surface area contributed by atoms with Crippen LogP contribution in [0.4, 0.5) is 14.6 Å². The lowest BCUT2D eigenvalue weighted by atomic mass is 10.0. The first-order valence-electron chi connectivity index (χ1n) is 10.7. The molecule has 1 aromatic heterocycles. The summed E-state index contributed by atoms with van der Waals surface area (Å²) in [7, 11) is 1.48. The molecule has 1 heterocycles. The summed E-state index contributed by atoms with van der Waals surface area (Å²) in [4.78, 5) is 15.4. The van der Waals surface area contributed by atoms with Gasteiger partial charge in [0.25, 0.3) is 5.88 Å². The Bertz CT molecular complexity index is 1170. The zero-order valence-corrected chi connectivity index (χ0v) is 19.1. The fourth-order valence-corrected chi connectivity index (χ4v) is 3.39. The van der Waals surface area contributed by atoms with Gasteiger partial charge in [-0.05, 0) is 47.2 Å². The number of hydrogen-bond donors (Lipinski definition) is 3. The summed E-state index contributed by atoms with van der Waals surface area (Å²) in [6, 6.07) is 12.1. The molecular formula is C25H27F2N3O4. The molecule has 34 heavy (non-hydrogen) atoms. The van der Waals surface area contributed by atoms with E-state index in [1.807, 2.05) is 38.1 Å². The van der Waals surface area contributed by atoms with E-state index in [0.29, 0.717) is 18.4 Å². The highest BCUT2D eigenvalue weighted by molar-refractivity contribution is 5.77. The van der Waals surface area contributed by atoms with E-state index in [1.54, 1.807) is 12.1 Å².